The van der Waals surface area contributed by atoms with Gasteiger partial charge in [-0.05, 0) is 38.1 Å². The van der Waals surface area contributed by atoms with Crippen LogP contribution in [0.5, 0.6) is 5.75 Å². The number of quaternary nitrogens is 1. The molecule has 0 unspecified atom stereocenters. The highest BCUT2D eigenvalue weighted by Gasteiger charge is 2.22. The van der Waals surface area contributed by atoms with Crippen LogP contribution in [0.1, 0.15) is 31.0 Å². The molecule has 5 heteroatoms. The summed E-state index contributed by atoms with van der Waals surface area (Å²) < 4.78 is 5.38. The highest BCUT2D eigenvalue weighted by molar-refractivity contribution is 5.94. The second-order valence-electron chi connectivity index (χ2n) is 5.66. The fourth-order valence-corrected chi connectivity index (χ4v) is 2.60. The van der Waals surface area contributed by atoms with Crippen LogP contribution in [0.25, 0.3) is 0 Å². The molecule has 2 atom stereocenters. The molecule has 3 N–H and O–H groups in total. The number of hydrogen-bond acceptors (Lipinski definition) is 3. The predicted octanol–water partition coefficient (Wildman–Crippen LogP) is 2.22. The molecule has 2 rings (SSSR count). The Balaban J connectivity index is 2.05. The third kappa shape index (κ3) is 4.12. The number of carbonyl (C=O) groups excluding carboxylic acids is 1. The average molecular weight is 324 g/mol. The van der Waals surface area contributed by atoms with Gasteiger partial charge in [-0.15, -0.1) is 0 Å². The van der Waals surface area contributed by atoms with Gasteiger partial charge in [0.05, 0.1) is 23.9 Å². The maximum atomic E-state index is 12.4. The fraction of sp³-hybridized carbons (Fsp3) is 0.263. The molecule has 0 aromatic heterocycles. The van der Waals surface area contributed by atoms with Gasteiger partial charge in [0.25, 0.3) is 5.91 Å². The summed E-state index contributed by atoms with van der Waals surface area (Å²) >= 11 is 0. The number of benzene rings is 2. The van der Waals surface area contributed by atoms with E-state index >= 15 is 0 Å². The van der Waals surface area contributed by atoms with E-state index in [4.69, 9.17) is 10.00 Å². The Morgan fingerprint density at radius 2 is 1.83 bits per heavy atom. The normalized spacial score (nSPS) is 12.8. The SMILES string of the molecule is COc1ccccc1[C@@H](C)[NH2+][C@@H](C)C(=O)Nc1ccccc1C#N. The van der Waals surface area contributed by atoms with E-state index in [9.17, 15) is 4.79 Å². The number of nitriles is 1. The molecule has 0 fully saturated rings. The summed E-state index contributed by atoms with van der Waals surface area (Å²) in [6.07, 6.45) is 0. The largest absolute Gasteiger partial charge is 0.496 e. The van der Waals surface area contributed by atoms with Gasteiger partial charge in [-0.25, -0.2) is 0 Å². The number of ether oxygens (including phenoxy) is 1. The van der Waals surface area contributed by atoms with E-state index in [1.165, 1.54) is 0 Å². The van der Waals surface area contributed by atoms with Gasteiger partial charge in [-0.3, -0.25) is 4.79 Å². The minimum atomic E-state index is -0.309. The highest BCUT2D eigenvalue weighted by atomic mass is 16.5. The van der Waals surface area contributed by atoms with Gasteiger partial charge in [0.15, 0.2) is 6.04 Å². The number of amides is 1. The monoisotopic (exact) mass is 324 g/mol. The maximum Gasteiger partial charge on any atom is 0.282 e. The van der Waals surface area contributed by atoms with Gasteiger partial charge in [0, 0.05) is 0 Å². The van der Waals surface area contributed by atoms with Gasteiger partial charge < -0.3 is 15.4 Å². The lowest BCUT2D eigenvalue weighted by atomic mass is 10.1. The van der Waals surface area contributed by atoms with Gasteiger partial charge in [-0.1, -0.05) is 24.3 Å². The van der Waals surface area contributed by atoms with Gasteiger partial charge in [0.2, 0.25) is 0 Å². The fourth-order valence-electron chi connectivity index (χ4n) is 2.60. The van der Waals surface area contributed by atoms with Crippen LogP contribution in [0, 0.1) is 11.3 Å². The van der Waals surface area contributed by atoms with Crippen LogP contribution >= 0.6 is 0 Å². The van der Waals surface area contributed by atoms with Crippen LogP contribution in [0.2, 0.25) is 0 Å². The van der Waals surface area contributed by atoms with Crippen molar-refractivity contribution in [1.29, 1.82) is 5.26 Å². The predicted molar refractivity (Wildman–Crippen MR) is 92.6 cm³/mol. The van der Waals surface area contributed by atoms with E-state index in [1.807, 2.05) is 43.4 Å². The zero-order valence-electron chi connectivity index (χ0n) is 14.1. The van der Waals surface area contributed by atoms with Gasteiger partial charge in [0.1, 0.15) is 17.9 Å². The van der Waals surface area contributed by atoms with E-state index < -0.39 is 0 Å². The van der Waals surface area contributed by atoms with Crippen molar-refractivity contribution in [3.05, 3.63) is 59.7 Å². The van der Waals surface area contributed by atoms with Crippen LogP contribution in [0.4, 0.5) is 5.69 Å². The van der Waals surface area contributed by atoms with Gasteiger partial charge in [-0.2, -0.15) is 5.26 Å². The molecule has 0 saturated heterocycles. The first-order valence-electron chi connectivity index (χ1n) is 7.84. The van der Waals surface area contributed by atoms with Crippen LogP contribution < -0.4 is 15.4 Å². The third-order valence-corrected chi connectivity index (χ3v) is 3.93. The molecule has 2 aromatic carbocycles. The lowest BCUT2D eigenvalue weighted by molar-refractivity contribution is -0.709. The van der Waals surface area contributed by atoms with Crippen molar-refractivity contribution in [2.75, 3.05) is 12.4 Å². The molecule has 0 heterocycles. The van der Waals surface area contributed by atoms with E-state index in [0.29, 0.717) is 11.3 Å². The summed E-state index contributed by atoms with van der Waals surface area (Å²) in [6, 6.07) is 16.6. The molecule has 0 aliphatic heterocycles. The Labute approximate surface area is 142 Å². The molecular formula is C19H22N3O2+. The second kappa shape index (κ2) is 8.14. The molecule has 24 heavy (non-hydrogen) atoms. The summed E-state index contributed by atoms with van der Waals surface area (Å²) in [5.74, 6) is 0.670. The Morgan fingerprint density at radius 1 is 1.17 bits per heavy atom. The number of nitrogens with one attached hydrogen (secondary N) is 1. The van der Waals surface area contributed by atoms with Gasteiger partial charge >= 0.3 is 0 Å². The average Bonchev–Trinajstić information content (AvgIpc) is 2.61. The zero-order chi connectivity index (χ0) is 17.5. The number of anilines is 1. The molecule has 0 saturated carbocycles. The Hall–Kier alpha value is -2.84. The number of rotatable bonds is 6. The first-order valence-corrected chi connectivity index (χ1v) is 7.84. The molecule has 0 aliphatic carbocycles. The molecular weight excluding hydrogens is 302 g/mol. The van der Waals surface area contributed by atoms with E-state index in [0.717, 1.165) is 11.3 Å². The molecule has 124 valence electrons. The lowest BCUT2D eigenvalue weighted by Crippen LogP contribution is -2.91. The minimum Gasteiger partial charge on any atom is -0.496 e. The van der Waals surface area contributed by atoms with Crippen molar-refractivity contribution < 1.29 is 14.8 Å². The van der Waals surface area contributed by atoms with Crippen molar-refractivity contribution >= 4 is 11.6 Å². The highest BCUT2D eigenvalue weighted by Crippen LogP contribution is 2.22. The molecule has 1 amide bonds. The molecule has 0 spiro atoms. The van der Waals surface area contributed by atoms with Crippen molar-refractivity contribution in [3.63, 3.8) is 0 Å². The maximum absolute atomic E-state index is 12.4. The first-order chi connectivity index (χ1) is 11.6. The van der Waals surface area contributed by atoms with Crippen LogP contribution in [0.3, 0.4) is 0 Å². The summed E-state index contributed by atoms with van der Waals surface area (Å²) in [5, 5.41) is 13.9. The number of hydrogen-bond donors (Lipinski definition) is 2. The Kier molecular flexibility index (Phi) is 5.94. The zero-order valence-corrected chi connectivity index (χ0v) is 14.1. The number of nitrogens with zero attached hydrogens (tertiary/aromatic N) is 1. The van der Waals surface area contributed by atoms with Crippen LogP contribution in [-0.4, -0.2) is 19.1 Å². The molecule has 2 aromatic rings. The molecule has 0 aliphatic rings. The lowest BCUT2D eigenvalue weighted by Gasteiger charge is -2.18. The number of methoxy groups -OCH3 is 1. The third-order valence-electron chi connectivity index (χ3n) is 3.93. The van der Waals surface area contributed by atoms with Crippen molar-refractivity contribution in [1.82, 2.24) is 0 Å². The summed E-state index contributed by atoms with van der Waals surface area (Å²) in [4.78, 5) is 12.4. The van der Waals surface area contributed by atoms with E-state index in [-0.39, 0.29) is 18.0 Å². The van der Waals surface area contributed by atoms with E-state index in [1.54, 1.807) is 31.4 Å². The first kappa shape index (κ1) is 17.5. The number of nitrogens with two attached hydrogens (primary N) is 1. The Bertz CT molecular complexity index is 752. The number of carbonyl (C=O) groups is 1. The molecule has 0 radical (unpaired) electrons. The molecule has 5 nitrogen and oxygen atoms in total. The molecule has 0 bridgehead atoms. The number of para-hydroxylation sites is 2. The smallest absolute Gasteiger partial charge is 0.282 e. The standard InChI is InChI=1S/C19H21N3O2/c1-13(16-9-5-7-11-18(16)24-3)21-14(2)19(23)22-17-10-6-4-8-15(17)12-20/h4-11,13-14,21H,1-3H3,(H,22,23)/p+1/t13-,14+/m1/s1. The van der Waals surface area contributed by atoms with Crippen LogP contribution in [0.15, 0.2) is 48.5 Å². The second-order valence-corrected chi connectivity index (χ2v) is 5.66. The quantitative estimate of drug-likeness (QED) is 0.855. The van der Waals surface area contributed by atoms with Crippen LogP contribution in [-0.2, 0) is 4.79 Å². The minimum absolute atomic E-state index is 0.0631. The topological polar surface area (TPSA) is 78.7 Å². The summed E-state index contributed by atoms with van der Waals surface area (Å²) in [7, 11) is 1.64. The Morgan fingerprint density at radius 3 is 2.54 bits per heavy atom. The summed E-state index contributed by atoms with van der Waals surface area (Å²) in [6.45, 7) is 3.88. The van der Waals surface area contributed by atoms with E-state index in [2.05, 4.69) is 11.4 Å². The van der Waals surface area contributed by atoms with Crippen molar-refractivity contribution in [2.24, 2.45) is 0 Å². The summed E-state index contributed by atoms with van der Waals surface area (Å²) in [5.41, 5.74) is 2.03. The van der Waals surface area contributed by atoms with Crippen molar-refractivity contribution in [3.8, 4) is 11.8 Å². The van der Waals surface area contributed by atoms with Crippen molar-refractivity contribution in [2.45, 2.75) is 25.9 Å².